The smallest absolute Gasteiger partial charge is 0.306 e. The highest BCUT2D eigenvalue weighted by Crippen LogP contribution is 2.37. The van der Waals surface area contributed by atoms with Gasteiger partial charge >= 0.3 is 5.97 Å². The van der Waals surface area contributed by atoms with Gasteiger partial charge in [-0.05, 0) is 75.2 Å². The predicted octanol–water partition coefficient (Wildman–Crippen LogP) is 5.12. The summed E-state index contributed by atoms with van der Waals surface area (Å²) in [6.45, 7) is 5.60. The van der Waals surface area contributed by atoms with Crippen molar-refractivity contribution in [2.45, 2.75) is 95.4 Å². The third kappa shape index (κ3) is 7.78. The number of carboxylic acids is 1. The van der Waals surface area contributed by atoms with E-state index in [1.165, 1.54) is 11.1 Å². The lowest BCUT2D eigenvalue weighted by molar-refractivity contribution is -0.143. The summed E-state index contributed by atoms with van der Waals surface area (Å²) < 4.78 is 7.55. The molecule has 3 heterocycles. The summed E-state index contributed by atoms with van der Waals surface area (Å²) in [5.41, 5.74) is 4.91. The number of aryl methyl sites for hydroxylation is 2. The number of nitrogens with zero attached hydrogens (tertiary/aromatic N) is 5. The highest BCUT2D eigenvalue weighted by Gasteiger charge is 2.32. The molecule has 0 radical (unpaired) electrons. The molecule has 1 saturated heterocycles. The molecular weight excluding hydrogens is 578 g/mol. The van der Waals surface area contributed by atoms with E-state index in [9.17, 15) is 9.90 Å². The number of likely N-dealkylation sites (tertiary alicyclic amines) is 1. The lowest BCUT2D eigenvalue weighted by Gasteiger charge is -2.33. The number of aromatic nitrogens is 4. The van der Waals surface area contributed by atoms with E-state index in [1.807, 2.05) is 17.9 Å². The number of carbonyl (C=O) groups is 1. The second kappa shape index (κ2) is 15.0. The Morgan fingerprint density at radius 2 is 1.91 bits per heavy atom. The normalized spacial score (nSPS) is 24.8. The number of nitrogens with one attached hydrogen (secondary N) is 2. The maximum atomic E-state index is 11.5. The molecule has 1 saturated carbocycles. The Labute approximate surface area is 273 Å². The number of ether oxygens (including phenoxy) is 1. The number of hydrogen-bond acceptors (Lipinski definition) is 8. The van der Waals surface area contributed by atoms with Gasteiger partial charge in [0.15, 0.2) is 0 Å². The van der Waals surface area contributed by atoms with Gasteiger partial charge in [-0.2, -0.15) is 5.10 Å². The summed E-state index contributed by atoms with van der Waals surface area (Å²) in [6.07, 6.45) is 12.7. The van der Waals surface area contributed by atoms with Gasteiger partial charge in [-0.3, -0.25) is 14.4 Å². The summed E-state index contributed by atoms with van der Waals surface area (Å²) in [7, 11) is 3.78. The summed E-state index contributed by atoms with van der Waals surface area (Å²) in [6, 6.07) is 11.2. The Morgan fingerprint density at radius 1 is 1.11 bits per heavy atom. The van der Waals surface area contributed by atoms with Crippen molar-refractivity contribution in [3.63, 3.8) is 0 Å². The summed E-state index contributed by atoms with van der Waals surface area (Å²) in [5, 5.41) is 21.7. The minimum atomic E-state index is -0.649. The fraction of sp³-hybridized carbons (Fsp3) is 0.611. The van der Waals surface area contributed by atoms with Crippen LogP contribution in [-0.2, 0) is 36.0 Å². The largest absolute Gasteiger partial charge is 0.481 e. The molecule has 3 aliphatic rings. The molecule has 6 rings (SSSR count). The quantitative estimate of drug-likeness (QED) is 0.237. The van der Waals surface area contributed by atoms with E-state index in [2.05, 4.69) is 64.1 Å². The van der Waals surface area contributed by atoms with Crippen molar-refractivity contribution in [2.75, 3.05) is 32.1 Å². The topological polar surface area (TPSA) is 117 Å². The fourth-order valence-corrected chi connectivity index (χ4v) is 7.94. The number of methoxy groups -OCH3 is 1. The van der Waals surface area contributed by atoms with E-state index in [-0.39, 0.29) is 18.1 Å². The zero-order valence-electron chi connectivity index (χ0n) is 27.7. The van der Waals surface area contributed by atoms with Crippen molar-refractivity contribution < 1.29 is 14.6 Å². The Bertz CT molecular complexity index is 1440. The SMILES string of the molecule is CC[C@@H](NCc1nc2c(c(N[C@@H](CN3CC[C@@H](OC)C3)c3cnn(C)c3)n1)C[C@H](c1ccccc1)CC2)C1CCC(C(=O)O)CC1. The number of rotatable bonds is 13. The molecule has 248 valence electrons. The molecule has 3 aromatic rings. The van der Waals surface area contributed by atoms with Crippen molar-refractivity contribution in [1.82, 2.24) is 30.0 Å². The summed E-state index contributed by atoms with van der Waals surface area (Å²) in [5.74, 6) is 1.83. The van der Waals surface area contributed by atoms with Gasteiger partial charge in [0.05, 0.1) is 30.8 Å². The average molecular weight is 630 g/mol. The lowest BCUT2D eigenvalue weighted by Crippen LogP contribution is -2.38. The molecule has 0 bridgehead atoms. The number of fused-ring (bicyclic) bond motifs is 1. The molecule has 1 aromatic carbocycles. The summed E-state index contributed by atoms with van der Waals surface area (Å²) in [4.78, 5) is 24.4. The van der Waals surface area contributed by atoms with Crippen LogP contribution >= 0.6 is 0 Å². The van der Waals surface area contributed by atoms with Crippen LogP contribution in [0.15, 0.2) is 42.7 Å². The highest BCUT2D eigenvalue weighted by molar-refractivity contribution is 5.70. The zero-order valence-corrected chi connectivity index (χ0v) is 27.7. The van der Waals surface area contributed by atoms with Crippen LogP contribution in [-0.4, -0.2) is 74.6 Å². The van der Waals surface area contributed by atoms with Crippen LogP contribution in [0, 0.1) is 11.8 Å². The van der Waals surface area contributed by atoms with Crippen molar-refractivity contribution >= 4 is 11.8 Å². The van der Waals surface area contributed by atoms with Gasteiger partial charge < -0.3 is 20.5 Å². The van der Waals surface area contributed by atoms with E-state index in [1.54, 1.807) is 7.11 Å². The van der Waals surface area contributed by atoms with Crippen LogP contribution in [0.5, 0.6) is 0 Å². The minimum absolute atomic E-state index is 0.0222. The first-order valence-corrected chi connectivity index (χ1v) is 17.3. The molecule has 0 spiro atoms. The predicted molar refractivity (Wildman–Crippen MR) is 179 cm³/mol. The Balaban J connectivity index is 1.25. The lowest BCUT2D eigenvalue weighted by atomic mass is 9.78. The molecule has 2 aliphatic carbocycles. The van der Waals surface area contributed by atoms with Crippen molar-refractivity contribution in [3.8, 4) is 0 Å². The standard InChI is InChI=1S/C36H51N7O3/c1-4-31(25-10-12-26(13-11-25)36(44)45)37-20-34-39-32-15-14-27(24-8-6-5-7-9-24)18-30(32)35(41-34)40-33(28-19-38-42(2)21-28)23-43-17-16-29(22-43)46-3/h5-9,19,21,25-27,29,31,33,37H,4,10-18,20,22-23H2,1-3H3,(H,44,45)(H,39,40,41)/t25?,26?,27-,29-,31-,33+/m1/s1. The summed E-state index contributed by atoms with van der Waals surface area (Å²) >= 11 is 0. The first-order valence-electron chi connectivity index (χ1n) is 17.3. The van der Waals surface area contributed by atoms with Crippen LogP contribution in [0.25, 0.3) is 0 Å². The highest BCUT2D eigenvalue weighted by atomic mass is 16.5. The Hall–Kier alpha value is -3.34. The minimum Gasteiger partial charge on any atom is -0.481 e. The molecule has 0 amide bonds. The van der Waals surface area contributed by atoms with E-state index < -0.39 is 5.97 Å². The molecule has 1 aliphatic heterocycles. The van der Waals surface area contributed by atoms with Crippen LogP contribution in [0.1, 0.15) is 92.0 Å². The number of aliphatic carboxylic acids is 1. The van der Waals surface area contributed by atoms with Gasteiger partial charge in [-0.15, -0.1) is 0 Å². The monoisotopic (exact) mass is 629 g/mol. The van der Waals surface area contributed by atoms with Gasteiger partial charge in [-0.1, -0.05) is 37.3 Å². The Morgan fingerprint density at radius 3 is 2.59 bits per heavy atom. The van der Waals surface area contributed by atoms with Crippen molar-refractivity contribution in [1.29, 1.82) is 0 Å². The van der Waals surface area contributed by atoms with Crippen LogP contribution in [0.4, 0.5) is 5.82 Å². The van der Waals surface area contributed by atoms with Gasteiger partial charge in [-0.25, -0.2) is 9.97 Å². The molecule has 2 fully saturated rings. The number of benzene rings is 1. The number of hydrogen-bond donors (Lipinski definition) is 3. The van der Waals surface area contributed by atoms with Crippen molar-refractivity contribution in [2.24, 2.45) is 18.9 Å². The van der Waals surface area contributed by atoms with E-state index >= 15 is 0 Å². The fourth-order valence-electron chi connectivity index (χ4n) is 7.94. The molecule has 3 N–H and O–H groups in total. The molecular formula is C36H51N7O3. The van der Waals surface area contributed by atoms with Gasteiger partial charge in [0.25, 0.3) is 0 Å². The second-order valence-corrected chi connectivity index (χ2v) is 13.7. The van der Waals surface area contributed by atoms with E-state index in [0.29, 0.717) is 24.4 Å². The number of carboxylic acid groups (broad SMARTS) is 1. The first-order chi connectivity index (χ1) is 22.4. The van der Waals surface area contributed by atoms with Crippen LogP contribution in [0.3, 0.4) is 0 Å². The zero-order chi connectivity index (χ0) is 32.0. The van der Waals surface area contributed by atoms with Gasteiger partial charge in [0.1, 0.15) is 11.6 Å². The molecule has 0 unspecified atom stereocenters. The first kappa shape index (κ1) is 32.6. The van der Waals surface area contributed by atoms with Crippen LogP contribution in [0.2, 0.25) is 0 Å². The van der Waals surface area contributed by atoms with E-state index in [0.717, 1.165) is 100 Å². The molecule has 46 heavy (non-hydrogen) atoms. The maximum Gasteiger partial charge on any atom is 0.306 e. The molecule has 2 aromatic heterocycles. The maximum absolute atomic E-state index is 11.5. The third-order valence-corrected chi connectivity index (χ3v) is 10.7. The van der Waals surface area contributed by atoms with E-state index in [4.69, 9.17) is 14.7 Å². The van der Waals surface area contributed by atoms with Gasteiger partial charge in [0, 0.05) is 62.9 Å². The third-order valence-electron chi connectivity index (χ3n) is 10.7. The second-order valence-electron chi connectivity index (χ2n) is 13.7. The van der Waals surface area contributed by atoms with Crippen LogP contribution < -0.4 is 10.6 Å². The van der Waals surface area contributed by atoms with Gasteiger partial charge in [0.2, 0.25) is 0 Å². The molecule has 10 heteroatoms. The molecule has 4 atom stereocenters. The molecule has 10 nitrogen and oxygen atoms in total. The van der Waals surface area contributed by atoms with Crippen molar-refractivity contribution in [3.05, 3.63) is 70.9 Å². The number of anilines is 1. The average Bonchev–Trinajstić information content (AvgIpc) is 3.73. The Kier molecular flexibility index (Phi) is 10.7.